The van der Waals surface area contributed by atoms with Gasteiger partial charge < -0.3 is 20.1 Å². The van der Waals surface area contributed by atoms with Crippen LogP contribution in [0.2, 0.25) is 0 Å². The molecule has 0 spiro atoms. The van der Waals surface area contributed by atoms with Gasteiger partial charge in [0.1, 0.15) is 12.4 Å². The molecule has 17 heavy (non-hydrogen) atoms. The van der Waals surface area contributed by atoms with E-state index in [9.17, 15) is 4.79 Å². The van der Waals surface area contributed by atoms with Crippen LogP contribution in [0.25, 0.3) is 0 Å². The van der Waals surface area contributed by atoms with Crippen molar-refractivity contribution in [2.75, 3.05) is 13.2 Å². The Bertz CT molecular complexity index is 135. The van der Waals surface area contributed by atoms with E-state index < -0.39 is 6.10 Å². The number of unbranched alkanes of at least 4 members (excludes halogenated alkanes) is 7. The van der Waals surface area contributed by atoms with Gasteiger partial charge in [0.2, 0.25) is 0 Å². The van der Waals surface area contributed by atoms with Crippen LogP contribution in [-0.2, 0) is 4.79 Å². The maximum atomic E-state index is 9.94. The van der Waals surface area contributed by atoms with Gasteiger partial charge in [-0.25, -0.2) is 0 Å². The first-order valence-corrected chi connectivity index (χ1v) is 6.56. The molecule has 0 aliphatic heterocycles. The topological polar surface area (TPSA) is 77.8 Å². The molecule has 4 nitrogen and oxygen atoms in total. The molecular weight excluding hydrogens is 220 g/mol. The summed E-state index contributed by atoms with van der Waals surface area (Å²) >= 11 is 0. The zero-order valence-corrected chi connectivity index (χ0v) is 11.0. The third-order valence-corrected chi connectivity index (χ3v) is 2.35. The highest BCUT2D eigenvalue weighted by Gasteiger charge is 1.93. The minimum absolute atomic E-state index is 0.365. The molecule has 0 aliphatic carbocycles. The highest BCUT2D eigenvalue weighted by molar-refractivity contribution is 5.48. The Kier molecular flexibility index (Phi) is 19.9. The molecule has 0 atom stereocenters. The van der Waals surface area contributed by atoms with Crippen molar-refractivity contribution in [1.29, 1.82) is 0 Å². The lowest BCUT2D eigenvalue weighted by Gasteiger charge is -1.97. The Labute approximate surface area is 105 Å². The number of aliphatic hydroxyl groups is 3. The predicted molar refractivity (Wildman–Crippen MR) is 68.9 cm³/mol. The van der Waals surface area contributed by atoms with Crippen LogP contribution in [0.3, 0.4) is 0 Å². The molecule has 0 aromatic heterocycles. The first kappa shape index (κ1) is 18.9. The third-order valence-electron chi connectivity index (χ3n) is 2.35. The lowest BCUT2D eigenvalue weighted by atomic mass is 10.1. The number of carbonyl (C=O) groups excluding carboxylic acids is 1. The van der Waals surface area contributed by atoms with E-state index in [2.05, 4.69) is 6.92 Å². The largest absolute Gasteiger partial charge is 0.394 e. The molecule has 0 fully saturated rings. The molecule has 3 N–H and O–H groups in total. The molecule has 4 heteroatoms. The summed E-state index contributed by atoms with van der Waals surface area (Å²) in [7, 11) is 0. The molecule has 0 unspecified atom stereocenters. The highest BCUT2D eigenvalue weighted by Crippen LogP contribution is 2.07. The molecular formula is C13H28O4. The summed E-state index contributed by atoms with van der Waals surface area (Å²) in [6, 6.07) is 0. The van der Waals surface area contributed by atoms with Gasteiger partial charge in [0.15, 0.2) is 0 Å². The monoisotopic (exact) mass is 248 g/mol. The minimum atomic E-state index is -0.954. The Balaban J connectivity index is 0. The van der Waals surface area contributed by atoms with Crippen LogP contribution < -0.4 is 0 Å². The molecule has 0 saturated heterocycles. The molecule has 0 radical (unpaired) electrons. The average Bonchev–Trinajstić information content (AvgIpc) is 2.37. The van der Waals surface area contributed by atoms with E-state index in [0.29, 0.717) is 0 Å². The summed E-state index contributed by atoms with van der Waals surface area (Å²) in [5.74, 6) is 0. The molecule has 0 aromatic rings. The van der Waals surface area contributed by atoms with Crippen LogP contribution >= 0.6 is 0 Å². The van der Waals surface area contributed by atoms with Gasteiger partial charge >= 0.3 is 0 Å². The van der Waals surface area contributed by atoms with Crippen molar-refractivity contribution in [3.63, 3.8) is 0 Å². The molecule has 0 aromatic carbocycles. The lowest BCUT2D eigenvalue weighted by Crippen LogP contribution is -2.15. The van der Waals surface area contributed by atoms with Gasteiger partial charge in [0.05, 0.1) is 13.2 Å². The van der Waals surface area contributed by atoms with Gasteiger partial charge in [0.25, 0.3) is 0 Å². The fourth-order valence-corrected chi connectivity index (χ4v) is 1.24. The smallest absolute Gasteiger partial charge is 0.119 e. The van der Waals surface area contributed by atoms with Crippen LogP contribution in [0, 0.1) is 0 Å². The summed E-state index contributed by atoms with van der Waals surface area (Å²) in [6.07, 6.45) is 9.88. The van der Waals surface area contributed by atoms with Crippen molar-refractivity contribution >= 4 is 6.29 Å². The third kappa shape index (κ3) is 21.4. The summed E-state index contributed by atoms with van der Waals surface area (Å²) < 4.78 is 0. The van der Waals surface area contributed by atoms with Gasteiger partial charge in [-0.05, 0) is 6.42 Å². The number of hydrogen-bond acceptors (Lipinski definition) is 4. The molecule has 0 aliphatic rings. The molecule has 0 rings (SSSR count). The van der Waals surface area contributed by atoms with Gasteiger partial charge in [0, 0.05) is 6.42 Å². The normalized spacial score (nSPS) is 9.94. The average molecular weight is 248 g/mol. The molecule has 0 saturated carbocycles. The van der Waals surface area contributed by atoms with Crippen molar-refractivity contribution in [2.45, 2.75) is 64.4 Å². The van der Waals surface area contributed by atoms with Crippen molar-refractivity contribution in [1.82, 2.24) is 0 Å². The Morgan fingerprint density at radius 1 is 0.941 bits per heavy atom. The van der Waals surface area contributed by atoms with Gasteiger partial charge in [-0.15, -0.1) is 0 Å². The van der Waals surface area contributed by atoms with E-state index in [1.807, 2.05) is 0 Å². The number of aldehydes is 1. The SMILES string of the molecule is CCCCCCCCCC=O.OCC(O)CO. The van der Waals surface area contributed by atoms with E-state index in [-0.39, 0.29) is 13.2 Å². The quantitative estimate of drug-likeness (QED) is 0.406. The van der Waals surface area contributed by atoms with Crippen molar-refractivity contribution in [3.8, 4) is 0 Å². The minimum Gasteiger partial charge on any atom is -0.394 e. The number of hydrogen-bond donors (Lipinski definition) is 3. The predicted octanol–water partition coefficient (Wildman–Crippen LogP) is 1.66. The summed E-state index contributed by atoms with van der Waals surface area (Å²) in [4.78, 5) is 9.94. The van der Waals surface area contributed by atoms with E-state index in [1.165, 1.54) is 38.5 Å². The first-order valence-electron chi connectivity index (χ1n) is 6.56. The van der Waals surface area contributed by atoms with Crippen molar-refractivity contribution in [3.05, 3.63) is 0 Å². The van der Waals surface area contributed by atoms with Crippen LogP contribution in [0.5, 0.6) is 0 Å². The first-order chi connectivity index (χ1) is 8.22. The second-order valence-corrected chi connectivity index (χ2v) is 4.10. The maximum Gasteiger partial charge on any atom is 0.119 e. The van der Waals surface area contributed by atoms with Crippen LogP contribution in [-0.4, -0.2) is 40.9 Å². The fourth-order valence-electron chi connectivity index (χ4n) is 1.24. The molecule has 0 amide bonds. The van der Waals surface area contributed by atoms with E-state index in [1.54, 1.807) is 0 Å². The highest BCUT2D eigenvalue weighted by atomic mass is 16.3. The molecule has 0 heterocycles. The number of aliphatic hydroxyl groups excluding tert-OH is 3. The fraction of sp³-hybridized carbons (Fsp3) is 0.923. The van der Waals surface area contributed by atoms with Gasteiger partial charge in [-0.2, -0.15) is 0 Å². The Hall–Kier alpha value is -0.450. The van der Waals surface area contributed by atoms with Crippen LogP contribution in [0.4, 0.5) is 0 Å². The standard InChI is InChI=1S/C10H20O.C3H8O3/c1-2-3-4-5-6-7-8-9-10-11;4-1-3(6)2-5/h10H,2-9H2,1H3;3-6H,1-2H2. The second-order valence-electron chi connectivity index (χ2n) is 4.10. The molecule has 104 valence electrons. The summed E-state index contributed by atoms with van der Waals surface area (Å²) in [6.45, 7) is 1.50. The van der Waals surface area contributed by atoms with E-state index in [4.69, 9.17) is 15.3 Å². The lowest BCUT2D eigenvalue weighted by molar-refractivity contribution is -0.107. The molecule has 0 bridgehead atoms. The number of rotatable bonds is 10. The summed E-state index contributed by atoms with van der Waals surface area (Å²) in [5, 5.41) is 24.0. The Morgan fingerprint density at radius 3 is 1.76 bits per heavy atom. The maximum absolute atomic E-state index is 9.94. The van der Waals surface area contributed by atoms with Gasteiger partial charge in [-0.1, -0.05) is 45.4 Å². The second kappa shape index (κ2) is 17.9. The zero-order chi connectivity index (χ0) is 13.4. The van der Waals surface area contributed by atoms with Crippen molar-refractivity contribution in [2.24, 2.45) is 0 Å². The van der Waals surface area contributed by atoms with Crippen LogP contribution in [0.15, 0.2) is 0 Å². The Morgan fingerprint density at radius 2 is 1.41 bits per heavy atom. The van der Waals surface area contributed by atoms with E-state index >= 15 is 0 Å². The van der Waals surface area contributed by atoms with Crippen molar-refractivity contribution < 1.29 is 20.1 Å². The van der Waals surface area contributed by atoms with Crippen LogP contribution in [0.1, 0.15) is 58.3 Å². The number of carbonyl (C=O) groups is 1. The summed E-state index contributed by atoms with van der Waals surface area (Å²) in [5.41, 5.74) is 0. The van der Waals surface area contributed by atoms with E-state index in [0.717, 1.165) is 19.1 Å². The zero-order valence-electron chi connectivity index (χ0n) is 11.0. The van der Waals surface area contributed by atoms with Gasteiger partial charge in [-0.3, -0.25) is 0 Å².